The molecule has 1 heterocycles. The molecular weight excluding hydrogens is 200 g/mol. The third-order valence-corrected chi connectivity index (χ3v) is 3.04. The minimum Gasteiger partial charge on any atom is -0.508 e. The van der Waals surface area contributed by atoms with Gasteiger partial charge in [0, 0.05) is 36.4 Å². The number of phenolic OH excluding ortho intramolecular Hbond substituents is 1. The highest BCUT2D eigenvalue weighted by Crippen LogP contribution is 2.33. The van der Waals surface area contributed by atoms with Crippen LogP contribution in [-0.2, 0) is 6.54 Å². The fraction of sp³-hybridized carbons (Fsp3) is 0.538. The zero-order valence-electron chi connectivity index (χ0n) is 10.2. The molecule has 0 atom stereocenters. The van der Waals surface area contributed by atoms with E-state index in [0.29, 0.717) is 5.75 Å². The first-order chi connectivity index (χ1) is 7.50. The molecule has 2 N–H and O–H groups in total. The van der Waals surface area contributed by atoms with Crippen LogP contribution in [0.1, 0.15) is 26.3 Å². The lowest BCUT2D eigenvalue weighted by Crippen LogP contribution is -2.43. The molecule has 88 valence electrons. The molecule has 1 aliphatic heterocycles. The van der Waals surface area contributed by atoms with Crippen LogP contribution in [0.25, 0.3) is 0 Å². The maximum Gasteiger partial charge on any atom is 0.122 e. The first kappa shape index (κ1) is 11.3. The summed E-state index contributed by atoms with van der Waals surface area (Å²) in [4.78, 5) is 2.35. The Bertz CT molecular complexity index is 382. The maximum absolute atomic E-state index is 9.90. The van der Waals surface area contributed by atoms with Crippen LogP contribution in [0, 0.1) is 0 Å². The van der Waals surface area contributed by atoms with Gasteiger partial charge >= 0.3 is 0 Å². The van der Waals surface area contributed by atoms with Gasteiger partial charge in [0.05, 0.1) is 0 Å². The van der Waals surface area contributed by atoms with Crippen molar-refractivity contribution in [1.82, 2.24) is 5.32 Å². The van der Waals surface area contributed by atoms with Crippen LogP contribution in [0.5, 0.6) is 5.75 Å². The predicted molar refractivity (Wildman–Crippen MR) is 66.9 cm³/mol. The van der Waals surface area contributed by atoms with E-state index in [0.717, 1.165) is 30.9 Å². The molecule has 1 aromatic carbocycles. The van der Waals surface area contributed by atoms with E-state index >= 15 is 0 Å². The average Bonchev–Trinajstić information content (AvgIpc) is 2.39. The molecule has 16 heavy (non-hydrogen) atoms. The highest BCUT2D eigenvalue weighted by atomic mass is 16.3. The molecule has 0 unspecified atom stereocenters. The molecule has 0 aliphatic carbocycles. The van der Waals surface area contributed by atoms with Gasteiger partial charge in [-0.3, -0.25) is 0 Å². The minimum atomic E-state index is 0.0779. The van der Waals surface area contributed by atoms with Gasteiger partial charge < -0.3 is 15.3 Å². The Morgan fingerprint density at radius 2 is 2.06 bits per heavy atom. The Hall–Kier alpha value is -1.22. The zero-order valence-corrected chi connectivity index (χ0v) is 10.2. The predicted octanol–water partition coefficient (Wildman–Crippen LogP) is 2.10. The van der Waals surface area contributed by atoms with Gasteiger partial charge in [0.1, 0.15) is 5.75 Å². The van der Waals surface area contributed by atoms with Gasteiger partial charge in [-0.25, -0.2) is 0 Å². The van der Waals surface area contributed by atoms with Gasteiger partial charge in [-0.15, -0.1) is 0 Å². The van der Waals surface area contributed by atoms with E-state index in [1.165, 1.54) is 0 Å². The van der Waals surface area contributed by atoms with Crippen molar-refractivity contribution < 1.29 is 5.11 Å². The molecule has 0 saturated heterocycles. The Balaban J connectivity index is 2.49. The second-order valence-electron chi connectivity index (χ2n) is 5.27. The molecule has 1 aromatic rings. The van der Waals surface area contributed by atoms with Crippen molar-refractivity contribution in [2.45, 2.75) is 32.9 Å². The molecule has 0 saturated carbocycles. The lowest BCUT2D eigenvalue weighted by atomic mass is 10.0. The first-order valence-electron chi connectivity index (χ1n) is 5.79. The number of nitrogens with one attached hydrogen (secondary N) is 1. The number of hydrogen-bond donors (Lipinski definition) is 2. The van der Waals surface area contributed by atoms with Gasteiger partial charge in [0.2, 0.25) is 0 Å². The minimum absolute atomic E-state index is 0.0779. The van der Waals surface area contributed by atoms with Crippen molar-refractivity contribution in [3.8, 4) is 5.75 Å². The topological polar surface area (TPSA) is 35.5 Å². The summed E-state index contributed by atoms with van der Waals surface area (Å²) in [6, 6.07) is 5.76. The van der Waals surface area contributed by atoms with Gasteiger partial charge in [0.25, 0.3) is 0 Å². The third kappa shape index (κ3) is 2.00. The normalized spacial score (nSPS) is 16.8. The summed E-state index contributed by atoms with van der Waals surface area (Å²) in [6.07, 6.45) is 0. The smallest absolute Gasteiger partial charge is 0.122 e. The van der Waals surface area contributed by atoms with E-state index in [9.17, 15) is 5.11 Å². The van der Waals surface area contributed by atoms with E-state index in [2.05, 4.69) is 37.1 Å². The van der Waals surface area contributed by atoms with E-state index in [-0.39, 0.29) is 5.54 Å². The maximum atomic E-state index is 9.90. The number of hydrogen-bond acceptors (Lipinski definition) is 3. The van der Waals surface area contributed by atoms with Crippen molar-refractivity contribution in [2.24, 2.45) is 0 Å². The van der Waals surface area contributed by atoms with Crippen molar-refractivity contribution in [1.29, 1.82) is 0 Å². The molecule has 1 aliphatic rings. The fourth-order valence-electron chi connectivity index (χ4n) is 2.22. The highest BCUT2D eigenvalue weighted by molar-refractivity contribution is 5.60. The molecule has 0 bridgehead atoms. The first-order valence-corrected chi connectivity index (χ1v) is 5.79. The van der Waals surface area contributed by atoms with E-state index in [1.54, 1.807) is 6.07 Å². The number of fused-ring (bicyclic) bond motifs is 1. The molecule has 0 spiro atoms. The molecule has 3 heteroatoms. The van der Waals surface area contributed by atoms with Crippen LogP contribution in [0.4, 0.5) is 5.69 Å². The molecule has 2 rings (SSSR count). The standard InChI is InChI=1S/C13H20N2O/c1-13(2,3)15-8-7-14-9-10-11(15)5-4-6-12(10)16/h4-6,14,16H,7-9H2,1-3H3. The van der Waals surface area contributed by atoms with Gasteiger partial charge in [0.15, 0.2) is 0 Å². The van der Waals surface area contributed by atoms with E-state index in [1.807, 2.05) is 6.07 Å². The van der Waals surface area contributed by atoms with Crippen LogP contribution in [0.3, 0.4) is 0 Å². The van der Waals surface area contributed by atoms with Crippen molar-refractivity contribution >= 4 is 5.69 Å². The molecule has 0 fully saturated rings. The quantitative estimate of drug-likeness (QED) is 0.703. The van der Waals surface area contributed by atoms with Crippen LogP contribution < -0.4 is 10.2 Å². The summed E-state index contributed by atoms with van der Waals surface area (Å²) < 4.78 is 0. The van der Waals surface area contributed by atoms with Crippen LogP contribution in [0.15, 0.2) is 18.2 Å². The SMILES string of the molecule is CC(C)(C)N1CCNCc2c(O)cccc21. The van der Waals surface area contributed by atoms with Crippen molar-refractivity contribution in [3.63, 3.8) is 0 Å². The van der Waals surface area contributed by atoms with Crippen LogP contribution >= 0.6 is 0 Å². The number of benzene rings is 1. The van der Waals surface area contributed by atoms with Gasteiger partial charge in [-0.1, -0.05) is 6.07 Å². The van der Waals surface area contributed by atoms with Gasteiger partial charge in [-0.2, -0.15) is 0 Å². The van der Waals surface area contributed by atoms with Crippen molar-refractivity contribution in [2.75, 3.05) is 18.0 Å². The summed E-state index contributed by atoms with van der Waals surface area (Å²) >= 11 is 0. The summed E-state index contributed by atoms with van der Waals surface area (Å²) in [7, 11) is 0. The lowest BCUT2D eigenvalue weighted by molar-refractivity contribution is 0.466. The summed E-state index contributed by atoms with van der Waals surface area (Å²) in [5.41, 5.74) is 2.24. The second kappa shape index (κ2) is 3.98. The monoisotopic (exact) mass is 220 g/mol. The molecule has 0 aromatic heterocycles. The Labute approximate surface area is 97.1 Å². The number of nitrogens with zero attached hydrogens (tertiary/aromatic N) is 1. The Morgan fingerprint density at radius 1 is 1.31 bits per heavy atom. The molecule has 0 amide bonds. The summed E-state index contributed by atoms with van der Waals surface area (Å²) in [5, 5.41) is 13.2. The Morgan fingerprint density at radius 3 is 2.75 bits per heavy atom. The number of anilines is 1. The van der Waals surface area contributed by atoms with E-state index < -0.39 is 0 Å². The van der Waals surface area contributed by atoms with Crippen LogP contribution in [-0.4, -0.2) is 23.7 Å². The van der Waals surface area contributed by atoms with E-state index in [4.69, 9.17) is 0 Å². The highest BCUT2D eigenvalue weighted by Gasteiger charge is 2.26. The number of aromatic hydroxyl groups is 1. The second-order valence-corrected chi connectivity index (χ2v) is 5.27. The lowest BCUT2D eigenvalue weighted by Gasteiger charge is -2.37. The average molecular weight is 220 g/mol. The zero-order chi connectivity index (χ0) is 11.8. The largest absolute Gasteiger partial charge is 0.508 e. The van der Waals surface area contributed by atoms with Crippen molar-refractivity contribution in [3.05, 3.63) is 23.8 Å². The van der Waals surface area contributed by atoms with Crippen LogP contribution in [0.2, 0.25) is 0 Å². The number of phenols is 1. The van der Waals surface area contributed by atoms with Gasteiger partial charge in [-0.05, 0) is 32.9 Å². The summed E-state index contributed by atoms with van der Waals surface area (Å²) in [5.74, 6) is 0.390. The molecule has 3 nitrogen and oxygen atoms in total. The Kier molecular flexibility index (Phi) is 2.80. The third-order valence-electron chi connectivity index (χ3n) is 3.04. The molecule has 0 radical (unpaired) electrons. The fourth-order valence-corrected chi connectivity index (χ4v) is 2.22. The number of rotatable bonds is 0. The molecular formula is C13H20N2O. The summed E-state index contributed by atoms with van der Waals surface area (Å²) in [6.45, 7) is 9.27.